The van der Waals surface area contributed by atoms with Gasteiger partial charge in [-0.2, -0.15) is 17.6 Å². The van der Waals surface area contributed by atoms with Gasteiger partial charge in [-0.3, -0.25) is 0 Å². The fraction of sp³-hybridized carbons (Fsp3) is 0.143. The zero-order valence-electron chi connectivity index (χ0n) is 10.9. The number of alkyl halides is 4. The highest BCUT2D eigenvalue weighted by Crippen LogP contribution is 2.42. The van der Waals surface area contributed by atoms with Crippen LogP contribution in [0.3, 0.4) is 0 Å². The summed E-state index contributed by atoms with van der Waals surface area (Å²) in [5.41, 5.74) is -3.62. The van der Waals surface area contributed by atoms with Gasteiger partial charge in [-0.1, -0.05) is 12.1 Å². The van der Waals surface area contributed by atoms with Crippen LogP contribution in [0.15, 0.2) is 36.4 Å². The lowest BCUT2D eigenvalue weighted by Gasteiger charge is -2.24. The van der Waals surface area contributed by atoms with Gasteiger partial charge in [0.1, 0.15) is 0 Å². The molecule has 0 amide bonds. The van der Waals surface area contributed by atoms with Gasteiger partial charge in [-0.15, -0.1) is 0 Å². The Kier molecular flexibility index (Phi) is 4.34. The molecule has 0 aliphatic heterocycles. The fourth-order valence-electron chi connectivity index (χ4n) is 1.73. The molecule has 2 aromatic carbocycles. The highest BCUT2D eigenvalue weighted by atomic mass is 19.3. The molecule has 0 heterocycles. The summed E-state index contributed by atoms with van der Waals surface area (Å²) in [6, 6.07) is 2.89. The third-order valence-corrected chi connectivity index (χ3v) is 2.79. The van der Waals surface area contributed by atoms with Gasteiger partial charge in [0.05, 0.1) is 11.1 Å². The van der Waals surface area contributed by atoms with Gasteiger partial charge in [-0.25, -0.2) is 22.3 Å². The quantitative estimate of drug-likeness (QED) is 0.706. The molecule has 0 unspecified atom stereocenters. The van der Waals surface area contributed by atoms with E-state index >= 15 is 0 Å². The Hall–Kier alpha value is -2.16. The average Bonchev–Trinajstić information content (AvgIpc) is 2.43. The predicted octanol–water partition coefficient (Wildman–Crippen LogP) is 5.06. The van der Waals surface area contributed by atoms with Crippen LogP contribution in [-0.4, -0.2) is 0 Å². The smallest absolute Gasteiger partial charge is 0.247 e. The predicted molar refractivity (Wildman–Crippen MR) is 61.6 cm³/mol. The highest BCUT2D eigenvalue weighted by molar-refractivity contribution is 5.24. The summed E-state index contributed by atoms with van der Waals surface area (Å²) in [7, 11) is 0. The molecular formula is C14H6F8O. The van der Waals surface area contributed by atoms with Crippen molar-refractivity contribution in [3.63, 3.8) is 0 Å². The third-order valence-electron chi connectivity index (χ3n) is 2.79. The molecule has 0 aromatic heterocycles. The van der Waals surface area contributed by atoms with E-state index in [1.54, 1.807) is 0 Å². The number of halogens is 8. The molecule has 124 valence electrons. The van der Waals surface area contributed by atoms with Gasteiger partial charge >= 0.3 is 12.2 Å². The van der Waals surface area contributed by atoms with Crippen LogP contribution in [0.1, 0.15) is 11.1 Å². The molecule has 0 radical (unpaired) electrons. The SMILES string of the molecule is Fc1cccc(C(F)(F)OC(F)(F)c2cccc(F)c2F)c1F. The standard InChI is InChI=1S/C14H6F8O/c15-9-5-1-3-7(11(9)17)13(19,20)23-14(21,22)8-4-2-6-10(16)12(8)18/h1-6H. The Labute approximate surface area is 124 Å². The van der Waals surface area contributed by atoms with Crippen molar-refractivity contribution < 1.29 is 39.9 Å². The Balaban J connectivity index is 2.42. The molecule has 0 aliphatic rings. The minimum atomic E-state index is -5.01. The van der Waals surface area contributed by atoms with Gasteiger partial charge in [0.2, 0.25) is 0 Å². The van der Waals surface area contributed by atoms with E-state index < -0.39 is 46.6 Å². The Morgan fingerprint density at radius 1 is 0.609 bits per heavy atom. The van der Waals surface area contributed by atoms with Crippen LogP contribution in [0, 0.1) is 23.3 Å². The summed E-state index contributed by atoms with van der Waals surface area (Å²) in [5, 5.41) is 0. The molecule has 0 aliphatic carbocycles. The Morgan fingerprint density at radius 3 is 1.30 bits per heavy atom. The van der Waals surface area contributed by atoms with Crippen molar-refractivity contribution in [2.75, 3.05) is 0 Å². The van der Waals surface area contributed by atoms with E-state index in [0.717, 1.165) is 0 Å². The Morgan fingerprint density at radius 2 is 0.957 bits per heavy atom. The second-order valence-electron chi connectivity index (χ2n) is 4.34. The highest BCUT2D eigenvalue weighted by Gasteiger charge is 2.49. The maximum Gasteiger partial charge on any atom is 0.390 e. The minimum Gasteiger partial charge on any atom is -0.247 e. The van der Waals surface area contributed by atoms with E-state index in [4.69, 9.17) is 0 Å². The van der Waals surface area contributed by atoms with Gasteiger partial charge in [-0.05, 0) is 24.3 Å². The maximum atomic E-state index is 13.7. The minimum absolute atomic E-state index is 0.316. The van der Waals surface area contributed by atoms with Crippen molar-refractivity contribution in [1.29, 1.82) is 0 Å². The second kappa shape index (κ2) is 5.80. The lowest BCUT2D eigenvalue weighted by Crippen LogP contribution is -2.31. The fourth-order valence-corrected chi connectivity index (χ4v) is 1.73. The molecule has 0 spiro atoms. The molecule has 0 saturated carbocycles. The molecule has 2 aromatic rings. The van der Waals surface area contributed by atoms with E-state index in [9.17, 15) is 35.1 Å². The van der Waals surface area contributed by atoms with Crippen molar-refractivity contribution >= 4 is 0 Å². The van der Waals surface area contributed by atoms with Crippen molar-refractivity contribution in [2.24, 2.45) is 0 Å². The summed E-state index contributed by atoms with van der Waals surface area (Å²) < 4.78 is 110. The van der Waals surface area contributed by atoms with Crippen molar-refractivity contribution in [2.45, 2.75) is 12.2 Å². The Bertz CT molecular complexity index is 667. The number of hydrogen-bond acceptors (Lipinski definition) is 1. The van der Waals surface area contributed by atoms with E-state index in [0.29, 0.717) is 36.4 Å². The molecule has 0 atom stereocenters. The van der Waals surface area contributed by atoms with Gasteiger partial charge < -0.3 is 0 Å². The topological polar surface area (TPSA) is 9.23 Å². The van der Waals surface area contributed by atoms with Crippen LogP contribution < -0.4 is 0 Å². The normalized spacial score (nSPS) is 12.5. The number of rotatable bonds is 4. The molecule has 0 saturated heterocycles. The van der Waals surface area contributed by atoms with Gasteiger partial charge in [0.25, 0.3) is 0 Å². The lowest BCUT2D eigenvalue weighted by molar-refractivity contribution is -0.393. The molecule has 0 N–H and O–H groups in total. The first-order chi connectivity index (χ1) is 10.6. The van der Waals surface area contributed by atoms with Crippen LogP contribution in [0.25, 0.3) is 0 Å². The number of hydrogen-bond donors (Lipinski definition) is 0. The summed E-state index contributed by atoms with van der Waals surface area (Å²) in [6.07, 6.45) is -10.0. The lowest BCUT2D eigenvalue weighted by atomic mass is 10.1. The number of ether oxygens (including phenoxy) is 1. The van der Waals surface area contributed by atoms with Crippen LogP contribution in [0.2, 0.25) is 0 Å². The van der Waals surface area contributed by atoms with E-state index in [-0.39, 0.29) is 0 Å². The van der Waals surface area contributed by atoms with Gasteiger partial charge in [0, 0.05) is 0 Å². The summed E-state index contributed by atoms with van der Waals surface area (Å²) in [4.78, 5) is 0. The van der Waals surface area contributed by atoms with Crippen LogP contribution in [0.5, 0.6) is 0 Å². The zero-order chi connectivity index (χ0) is 17.4. The molecule has 0 bridgehead atoms. The molecule has 2 rings (SSSR count). The first-order valence-corrected chi connectivity index (χ1v) is 5.91. The molecule has 23 heavy (non-hydrogen) atoms. The first-order valence-electron chi connectivity index (χ1n) is 5.91. The van der Waals surface area contributed by atoms with Crippen LogP contribution in [-0.2, 0) is 17.0 Å². The molecular weight excluding hydrogens is 336 g/mol. The third kappa shape index (κ3) is 3.29. The van der Waals surface area contributed by atoms with E-state index in [1.165, 1.54) is 0 Å². The zero-order valence-corrected chi connectivity index (χ0v) is 10.9. The van der Waals surface area contributed by atoms with Crippen molar-refractivity contribution in [1.82, 2.24) is 0 Å². The van der Waals surface area contributed by atoms with Crippen molar-refractivity contribution in [3.8, 4) is 0 Å². The summed E-state index contributed by atoms with van der Waals surface area (Å²) in [6.45, 7) is 0. The molecule has 1 nitrogen and oxygen atoms in total. The molecule has 0 fully saturated rings. The van der Waals surface area contributed by atoms with Crippen LogP contribution >= 0.6 is 0 Å². The number of benzene rings is 2. The molecule has 9 heteroatoms. The summed E-state index contributed by atoms with van der Waals surface area (Å²) in [5.74, 6) is -7.64. The average molecular weight is 342 g/mol. The monoisotopic (exact) mass is 342 g/mol. The van der Waals surface area contributed by atoms with Gasteiger partial charge in [0.15, 0.2) is 23.3 Å². The van der Waals surface area contributed by atoms with E-state index in [2.05, 4.69) is 4.74 Å². The first kappa shape index (κ1) is 17.2. The van der Waals surface area contributed by atoms with Crippen LogP contribution in [0.4, 0.5) is 35.1 Å². The largest absolute Gasteiger partial charge is 0.390 e. The van der Waals surface area contributed by atoms with E-state index in [1.807, 2.05) is 0 Å². The second-order valence-corrected chi connectivity index (χ2v) is 4.34. The summed E-state index contributed by atoms with van der Waals surface area (Å²) >= 11 is 0. The maximum absolute atomic E-state index is 13.7. The van der Waals surface area contributed by atoms with Crippen molar-refractivity contribution in [3.05, 3.63) is 70.8 Å².